The average molecular weight is 664 g/mol. The number of halogens is 3. The number of alkyl halides is 3. The van der Waals surface area contributed by atoms with Gasteiger partial charge in [-0.15, -0.1) is 11.3 Å². The molecule has 1 aromatic carbocycles. The summed E-state index contributed by atoms with van der Waals surface area (Å²) in [4.78, 5) is 55.3. The molecule has 0 spiro atoms. The fraction of sp³-hybridized carbons (Fsp3) is 0.452. The summed E-state index contributed by atoms with van der Waals surface area (Å²) in [5, 5.41) is 10.7. The summed E-state index contributed by atoms with van der Waals surface area (Å²) in [7, 11) is 3.34. The van der Waals surface area contributed by atoms with Crippen LogP contribution in [0.25, 0.3) is 22.3 Å². The summed E-state index contributed by atoms with van der Waals surface area (Å²) >= 11 is 0.487. The Labute approximate surface area is 267 Å². The van der Waals surface area contributed by atoms with Gasteiger partial charge in [0.2, 0.25) is 5.91 Å². The van der Waals surface area contributed by atoms with Gasteiger partial charge in [-0.05, 0) is 56.6 Å². The van der Waals surface area contributed by atoms with E-state index < -0.39 is 11.2 Å². The van der Waals surface area contributed by atoms with Crippen molar-refractivity contribution >= 4 is 40.7 Å². The monoisotopic (exact) mass is 663 g/mol. The molecule has 46 heavy (non-hydrogen) atoms. The van der Waals surface area contributed by atoms with E-state index >= 15 is 0 Å². The number of H-pyrrole nitrogens is 1. The molecule has 4 heterocycles. The molecule has 3 atom stereocenters. The van der Waals surface area contributed by atoms with Crippen molar-refractivity contribution < 1.29 is 37.4 Å². The number of allylic oxidation sites excluding steroid dienone is 1. The number of rotatable bonds is 2. The van der Waals surface area contributed by atoms with Crippen molar-refractivity contribution in [3.8, 4) is 17.1 Å². The lowest BCUT2D eigenvalue weighted by atomic mass is 10.1. The summed E-state index contributed by atoms with van der Waals surface area (Å²) in [6, 6.07) is 6.04. The highest BCUT2D eigenvalue weighted by Crippen LogP contribution is 2.34. The van der Waals surface area contributed by atoms with Gasteiger partial charge in [-0.2, -0.15) is 13.2 Å². The first-order valence-electron chi connectivity index (χ1n) is 14.8. The number of nitrogens with zero attached hydrogens (tertiary/aromatic N) is 3. The van der Waals surface area contributed by atoms with E-state index in [1.54, 1.807) is 28.0 Å². The molecular formula is C31H36F3N5O6S. The quantitative estimate of drug-likeness (QED) is 0.255. The molecule has 2 aliphatic heterocycles. The van der Waals surface area contributed by atoms with Crippen molar-refractivity contribution in [2.75, 3.05) is 27.2 Å². The van der Waals surface area contributed by atoms with Crippen LogP contribution in [0.3, 0.4) is 0 Å². The highest BCUT2D eigenvalue weighted by Gasteiger charge is 2.41. The molecule has 3 amide bonds. The predicted octanol–water partition coefficient (Wildman–Crippen LogP) is 5.13. The fourth-order valence-electron chi connectivity index (χ4n) is 5.37. The van der Waals surface area contributed by atoms with Crippen LogP contribution in [-0.4, -0.2) is 82.6 Å². The maximum Gasteiger partial charge on any atom is 0.443 e. The first kappa shape index (κ1) is 34.5. The van der Waals surface area contributed by atoms with E-state index in [4.69, 9.17) is 14.6 Å². The molecule has 1 saturated heterocycles. The van der Waals surface area contributed by atoms with Gasteiger partial charge in [0.05, 0.1) is 24.0 Å². The number of aromatic amines is 1. The predicted molar refractivity (Wildman–Crippen MR) is 167 cm³/mol. The first-order chi connectivity index (χ1) is 22.0. The Bertz CT molecular complexity index is 1620. The molecule has 3 aliphatic rings. The molecule has 0 bridgehead atoms. The third-order valence-corrected chi connectivity index (χ3v) is 8.77. The Morgan fingerprint density at radius 3 is 2.59 bits per heavy atom. The van der Waals surface area contributed by atoms with Crippen molar-refractivity contribution in [2.24, 2.45) is 5.92 Å². The van der Waals surface area contributed by atoms with E-state index in [-0.39, 0.29) is 47.3 Å². The topological polar surface area (TPSA) is 145 Å². The number of hydrogen-bond donors (Lipinski definition) is 3. The van der Waals surface area contributed by atoms with Gasteiger partial charge in [-0.1, -0.05) is 12.2 Å². The van der Waals surface area contributed by atoms with Crippen molar-refractivity contribution in [3.05, 3.63) is 57.0 Å². The number of hydrogen-bond acceptors (Lipinski definition) is 7. The Morgan fingerprint density at radius 1 is 1.13 bits per heavy atom. The van der Waals surface area contributed by atoms with Crippen molar-refractivity contribution in [1.29, 1.82) is 0 Å². The van der Waals surface area contributed by atoms with Gasteiger partial charge in [-0.3, -0.25) is 14.4 Å². The number of carbonyl (C=O) groups is 3. The van der Waals surface area contributed by atoms with E-state index in [1.807, 2.05) is 7.05 Å². The zero-order valence-corrected chi connectivity index (χ0v) is 26.2. The number of carbonyl (C=O) groups excluding carboxylic acids is 2. The number of methoxy groups -OCH3 is 1. The second-order valence-electron chi connectivity index (χ2n) is 11.1. The maximum atomic E-state index is 12.6. The van der Waals surface area contributed by atoms with E-state index in [0.717, 1.165) is 45.1 Å². The fourth-order valence-corrected chi connectivity index (χ4v) is 6.06. The second kappa shape index (κ2) is 15.3. The van der Waals surface area contributed by atoms with Crippen LogP contribution >= 0.6 is 11.3 Å². The minimum atomic E-state index is -4.50. The van der Waals surface area contributed by atoms with Gasteiger partial charge >= 0.3 is 12.2 Å². The van der Waals surface area contributed by atoms with Gasteiger partial charge in [0.1, 0.15) is 11.8 Å². The van der Waals surface area contributed by atoms with Crippen LogP contribution < -0.4 is 15.5 Å². The molecule has 15 heteroatoms. The minimum Gasteiger partial charge on any atom is -0.497 e. The lowest BCUT2D eigenvalue weighted by Crippen LogP contribution is -2.50. The largest absolute Gasteiger partial charge is 0.497 e. The smallest absolute Gasteiger partial charge is 0.443 e. The number of amides is 3. The maximum absolute atomic E-state index is 12.6. The van der Waals surface area contributed by atoms with Crippen molar-refractivity contribution in [3.63, 3.8) is 0 Å². The SMILES string of the molecule is CN1CCCC/C=C\[C@@H]2CC2NC(=O)N2CCC[C@H]2C1=O.COc1ccc2c(=O)cc(-c3csc(C(F)(F)F)n3)[nH]c2c1.O=CO. The number of nitrogens with one attached hydrogen (secondary N) is 2. The van der Waals surface area contributed by atoms with Crippen LogP contribution in [0.4, 0.5) is 18.0 Å². The average Bonchev–Trinajstić information content (AvgIpc) is 3.39. The van der Waals surface area contributed by atoms with Crippen LogP contribution in [-0.2, 0) is 15.8 Å². The van der Waals surface area contributed by atoms with E-state index in [1.165, 1.54) is 18.6 Å². The molecule has 3 aromatic rings. The van der Waals surface area contributed by atoms with Gasteiger partial charge in [0.25, 0.3) is 6.47 Å². The van der Waals surface area contributed by atoms with Gasteiger partial charge in [0.15, 0.2) is 10.4 Å². The number of pyridine rings is 1. The number of urea groups is 1. The Balaban J connectivity index is 0.000000193. The molecule has 248 valence electrons. The molecule has 0 radical (unpaired) electrons. The second-order valence-corrected chi connectivity index (χ2v) is 11.9. The summed E-state index contributed by atoms with van der Waals surface area (Å²) in [5.74, 6) is 1.13. The van der Waals surface area contributed by atoms with Crippen molar-refractivity contribution in [1.82, 2.24) is 25.1 Å². The Hall–Kier alpha value is -4.40. The summed E-state index contributed by atoms with van der Waals surface area (Å²) < 4.78 is 42.9. The lowest BCUT2D eigenvalue weighted by molar-refractivity contribution is -0.137. The lowest BCUT2D eigenvalue weighted by Gasteiger charge is -2.28. The van der Waals surface area contributed by atoms with Crippen LogP contribution in [0.15, 0.2) is 46.6 Å². The number of ether oxygens (including phenoxy) is 1. The molecule has 3 N–H and O–H groups in total. The zero-order valence-electron chi connectivity index (χ0n) is 25.4. The van der Waals surface area contributed by atoms with E-state index in [0.29, 0.717) is 40.5 Å². The number of likely N-dealkylation sites (N-methyl/N-ethyl adjacent to an activating group) is 1. The Kier molecular flexibility index (Phi) is 11.4. The summed E-state index contributed by atoms with van der Waals surface area (Å²) in [5.41, 5.74) is 0.494. The molecule has 11 nitrogen and oxygen atoms in total. The highest BCUT2D eigenvalue weighted by molar-refractivity contribution is 7.10. The normalized spacial score (nSPS) is 22.2. The number of benzene rings is 1. The van der Waals surface area contributed by atoms with Gasteiger partial charge in [-0.25, -0.2) is 9.78 Å². The molecule has 6 rings (SSSR count). The molecule has 2 aromatic heterocycles. The molecular weight excluding hydrogens is 627 g/mol. The number of carboxylic acid groups (broad SMARTS) is 1. The van der Waals surface area contributed by atoms with Crippen LogP contribution in [0.2, 0.25) is 0 Å². The van der Waals surface area contributed by atoms with Crippen LogP contribution in [0.1, 0.15) is 43.5 Å². The zero-order chi connectivity index (χ0) is 33.4. The molecule has 1 unspecified atom stereocenters. The van der Waals surface area contributed by atoms with Crippen LogP contribution in [0, 0.1) is 5.92 Å². The summed E-state index contributed by atoms with van der Waals surface area (Å²) in [6.07, 6.45) is 5.94. The van der Waals surface area contributed by atoms with E-state index in [2.05, 4.69) is 27.4 Å². The Morgan fingerprint density at radius 2 is 1.89 bits per heavy atom. The van der Waals surface area contributed by atoms with Crippen LogP contribution in [0.5, 0.6) is 5.75 Å². The standard InChI is InChI=1S/C16H25N3O2.C14H9F3N2O2S.CH2O2/c1-18-9-5-3-2-4-7-12-11-13(12)17-16(21)19-10-6-8-14(19)15(18)20;1-21-7-2-3-8-9(4-7)18-10(5-12(8)20)11-6-22-13(19-11)14(15,16)17;2-1-3/h4,7,12-14H,2-3,5-6,8-11H2,1H3,(H,17,21);2-6H,1H3,(H,18,20);1H,(H,2,3)/b7-4-;;/t12-,13?,14+;;/m1../s1. The summed E-state index contributed by atoms with van der Waals surface area (Å²) in [6.45, 7) is 1.23. The van der Waals surface area contributed by atoms with Crippen molar-refractivity contribution in [2.45, 2.75) is 56.8 Å². The molecule has 1 saturated carbocycles. The first-order valence-corrected chi connectivity index (χ1v) is 15.7. The number of thiazole rings is 1. The van der Waals surface area contributed by atoms with Gasteiger partial charge in [0, 0.05) is 49.1 Å². The minimum absolute atomic E-state index is 0.0581. The third-order valence-electron chi connectivity index (χ3n) is 7.88. The third kappa shape index (κ3) is 8.65. The highest BCUT2D eigenvalue weighted by atomic mass is 32.1. The van der Waals surface area contributed by atoms with Gasteiger partial charge < -0.3 is 29.9 Å². The molecule has 2 fully saturated rings. The van der Waals surface area contributed by atoms with E-state index in [9.17, 15) is 27.6 Å². The molecule has 1 aliphatic carbocycles. The number of aromatic nitrogens is 2. The number of fused-ring (bicyclic) bond motifs is 3.